The van der Waals surface area contributed by atoms with Crippen LogP contribution in [-0.4, -0.2) is 57.2 Å². The zero-order valence-corrected chi connectivity index (χ0v) is 19.0. The Kier molecular flexibility index (Phi) is 5.02. The van der Waals surface area contributed by atoms with Crippen LogP contribution in [0.2, 0.25) is 0 Å². The number of aromatic amines is 1. The van der Waals surface area contributed by atoms with Gasteiger partial charge in [0.15, 0.2) is 5.82 Å². The van der Waals surface area contributed by atoms with Gasteiger partial charge in [0, 0.05) is 25.3 Å². The summed E-state index contributed by atoms with van der Waals surface area (Å²) in [5.41, 5.74) is 6.45. The molecule has 3 fully saturated rings. The van der Waals surface area contributed by atoms with Gasteiger partial charge in [0.2, 0.25) is 0 Å². The molecule has 2 saturated heterocycles. The summed E-state index contributed by atoms with van der Waals surface area (Å²) in [7, 11) is 0. The molecule has 7 nitrogen and oxygen atoms in total. The Morgan fingerprint density at radius 1 is 1.12 bits per heavy atom. The van der Waals surface area contributed by atoms with Crippen LogP contribution in [0, 0.1) is 12.3 Å². The number of carbonyl (C=O) groups excluding carboxylic acids is 1. The van der Waals surface area contributed by atoms with Gasteiger partial charge in [-0.15, -0.1) is 5.10 Å². The third-order valence-electron chi connectivity index (χ3n) is 7.93. The van der Waals surface area contributed by atoms with Crippen molar-refractivity contribution in [1.29, 1.82) is 0 Å². The zero-order valence-electron chi connectivity index (χ0n) is 19.0. The fraction of sp³-hybridized carbons (Fsp3) is 0.462. The minimum atomic E-state index is -0.188. The molecule has 2 atom stereocenters. The Balaban J connectivity index is 1.11. The molecule has 1 unspecified atom stereocenters. The van der Waals surface area contributed by atoms with Crippen molar-refractivity contribution in [1.82, 2.24) is 25.5 Å². The van der Waals surface area contributed by atoms with E-state index in [1.807, 2.05) is 4.90 Å². The highest BCUT2D eigenvalue weighted by atomic mass is 16.5. The van der Waals surface area contributed by atoms with Crippen molar-refractivity contribution >= 4 is 5.91 Å². The Labute approximate surface area is 193 Å². The number of aryl methyl sites for hydroxylation is 1. The number of nitrogens with one attached hydrogen (secondary N) is 1. The molecule has 6 rings (SSSR count). The first-order chi connectivity index (χ1) is 16.1. The molecule has 1 aromatic heterocycles. The maximum Gasteiger partial charge on any atom is 0.251 e. The van der Waals surface area contributed by atoms with Gasteiger partial charge >= 0.3 is 0 Å². The van der Waals surface area contributed by atoms with Crippen LogP contribution in [0.15, 0.2) is 42.5 Å². The van der Waals surface area contributed by atoms with Crippen LogP contribution in [0.3, 0.4) is 0 Å². The lowest BCUT2D eigenvalue weighted by atomic mass is 9.88. The molecule has 1 spiro atoms. The predicted octanol–water partition coefficient (Wildman–Crippen LogP) is 4.12. The van der Waals surface area contributed by atoms with Crippen LogP contribution in [0.25, 0.3) is 22.5 Å². The predicted molar refractivity (Wildman–Crippen MR) is 124 cm³/mol. The fourth-order valence-corrected chi connectivity index (χ4v) is 5.83. The van der Waals surface area contributed by atoms with Crippen LogP contribution < -0.4 is 0 Å². The highest BCUT2D eigenvalue weighted by molar-refractivity contribution is 5.81. The smallest absolute Gasteiger partial charge is 0.251 e. The first kappa shape index (κ1) is 20.5. The van der Waals surface area contributed by atoms with Crippen molar-refractivity contribution < 1.29 is 9.53 Å². The Morgan fingerprint density at radius 2 is 1.91 bits per heavy atom. The van der Waals surface area contributed by atoms with E-state index >= 15 is 0 Å². The number of nitrogens with zero attached hydrogens (tertiary/aromatic N) is 4. The fourth-order valence-electron chi connectivity index (χ4n) is 5.83. The van der Waals surface area contributed by atoms with Gasteiger partial charge in [0.05, 0.1) is 0 Å². The minimum Gasteiger partial charge on any atom is -0.368 e. The highest BCUT2D eigenvalue weighted by Crippen LogP contribution is 2.65. The Hall–Kier alpha value is -3.06. The molecule has 3 aromatic rings. The number of likely N-dealkylation sites (tertiary alicyclic amines) is 1. The maximum atomic E-state index is 12.7. The third-order valence-corrected chi connectivity index (χ3v) is 7.93. The lowest BCUT2D eigenvalue weighted by molar-refractivity contribution is -0.142. The monoisotopic (exact) mass is 443 g/mol. The number of ether oxygens (including phenoxy) is 1. The van der Waals surface area contributed by atoms with E-state index in [-0.39, 0.29) is 12.0 Å². The lowest BCUT2D eigenvalue weighted by Crippen LogP contribution is -2.44. The molecule has 1 saturated carbocycles. The van der Waals surface area contributed by atoms with Crippen molar-refractivity contribution in [2.45, 2.75) is 51.0 Å². The molecule has 33 heavy (non-hydrogen) atoms. The van der Waals surface area contributed by atoms with Crippen molar-refractivity contribution in [3.63, 3.8) is 0 Å². The number of hydrogen-bond donors (Lipinski definition) is 1. The number of benzene rings is 2. The molecular weight excluding hydrogens is 414 g/mol. The Bertz CT molecular complexity index is 1140. The molecule has 1 amide bonds. The van der Waals surface area contributed by atoms with Crippen LogP contribution in [0.4, 0.5) is 0 Å². The van der Waals surface area contributed by atoms with Crippen molar-refractivity contribution in [2.24, 2.45) is 5.41 Å². The van der Waals surface area contributed by atoms with Crippen LogP contribution in [0.1, 0.15) is 49.1 Å². The summed E-state index contributed by atoms with van der Waals surface area (Å²) in [5, 5.41) is 14.1. The molecule has 1 aliphatic carbocycles. The first-order valence-corrected chi connectivity index (χ1v) is 12.0. The summed E-state index contributed by atoms with van der Waals surface area (Å²) in [6.45, 7) is 4.60. The van der Waals surface area contributed by atoms with E-state index in [9.17, 15) is 4.79 Å². The van der Waals surface area contributed by atoms with E-state index in [0.717, 1.165) is 50.9 Å². The largest absolute Gasteiger partial charge is 0.368 e. The van der Waals surface area contributed by atoms with Crippen molar-refractivity contribution in [2.75, 3.05) is 19.7 Å². The number of hydrogen-bond acceptors (Lipinski definition) is 5. The second kappa shape index (κ2) is 8.06. The number of piperidine rings is 1. The van der Waals surface area contributed by atoms with Gasteiger partial charge in [-0.3, -0.25) is 4.79 Å². The number of carbonyl (C=O) groups is 1. The number of H-pyrrole nitrogens is 1. The summed E-state index contributed by atoms with van der Waals surface area (Å²) >= 11 is 0. The number of aromatic nitrogens is 4. The molecule has 3 aliphatic rings. The maximum absolute atomic E-state index is 12.7. The lowest BCUT2D eigenvalue weighted by Gasteiger charge is -2.34. The van der Waals surface area contributed by atoms with Gasteiger partial charge in [-0.25, -0.2) is 5.10 Å². The first-order valence-electron chi connectivity index (χ1n) is 12.0. The van der Waals surface area contributed by atoms with Crippen LogP contribution in [-0.2, 0) is 9.53 Å². The number of amides is 1. The molecule has 170 valence electrons. The van der Waals surface area contributed by atoms with E-state index in [1.165, 1.54) is 28.7 Å². The van der Waals surface area contributed by atoms with E-state index in [2.05, 4.69) is 70.0 Å². The number of rotatable bonds is 4. The summed E-state index contributed by atoms with van der Waals surface area (Å²) in [6, 6.07) is 15.4. The molecule has 0 bridgehead atoms. The SMILES string of the molecule is Cc1cc(-c2nnn[nH]2)ccc1-c1ccc([C@H]2CC23CCN(C(=O)C2CCCO2)CC3)cc1. The normalized spacial score (nSPS) is 23.7. The molecule has 3 heterocycles. The van der Waals surface area contributed by atoms with E-state index in [4.69, 9.17) is 4.74 Å². The molecule has 7 heteroatoms. The van der Waals surface area contributed by atoms with Crippen molar-refractivity contribution in [3.05, 3.63) is 53.6 Å². The zero-order chi connectivity index (χ0) is 22.4. The molecular formula is C26H29N5O2. The van der Waals surface area contributed by atoms with Gasteiger partial charge in [-0.2, -0.15) is 0 Å². The van der Waals surface area contributed by atoms with Gasteiger partial charge < -0.3 is 9.64 Å². The van der Waals surface area contributed by atoms with E-state index in [1.54, 1.807) is 0 Å². The second-order valence-corrected chi connectivity index (χ2v) is 9.85. The molecule has 0 radical (unpaired) electrons. The molecule has 2 aromatic carbocycles. The molecule has 2 aliphatic heterocycles. The topological polar surface area (TPSA) is 84.0 Å². The van der Waals surface area contributed by atoms with E-state index < -0.39 is 0 Å². The van der Waals surface area contributed by atoms with Crippen LogP contribution in [0.5, 0.6) is 0 Å². The second-order valence-electron chi connectivity index (χ2n) is 9.85. The van der Waals surface area contributed by atoms with Gasteiger partial charge in [0.25, 0.3) is 5.91 Å². The molecule has 1 N–H and O–H groups in total. The van der Waals surface area contributed by atoms with Crippen LogP contribution >= 0.6 is 0 Å². The third kappa shape index (κ3) is 3.74. The Morgan fingerprint density at radius 3 is 2.58 bits per heavy atom. The van der Waals surface area contributed by atoms with Gasteiger partial charge in [-0.05, 0) is 89.1 Å². The highest BCUT2D eigenvalue weighted by Gasteiger charge is 2.55. The summed E-state index contributed by atoms with van der Waals surface area (Å²) < 4.78 is 5.61. The minimum absolute atomic E-state index is 0.188. The number of tetrazole rings is 1. The summed E-state index contributed by atoms with van der Waals surface area (Å²) in [5.74, 6) is 1.52. The van der Waals surface area contributed by atoms with E-state index in [0.29, 0.717) is 17.2 Å². The standard InChI is InChI=1S/C26H29N5O2/c1-17-15-20(24-27-29-30-28-24)8-9-21(17)18-4-6-19(7-5-18)22-16-26(22)10-12-31(13-11-26)25(32)23-3-2-14-33-23/h4-9,15,22-23H,2-3,10-14,16H2,1H3,(H,27,28,29,30)/t22-,23?/m1/s1. The average Bonchev–Trinajstić information content (AvgIpc) is 3.28. The summed E-state index contributed by atoms with van der Waals surface area (Å²) in [6.07, 6.45) is 5.16. The summed E-state index contributed by atoms with van der Waals surface area (Å²) in [4.78, 5) is 14.7. The average molecular weight is 444 g/mol. The van der Waals surface area contributed by atoms with Crippen molar-refractivity contribution in [3.8, 4) is 22.5 Å². The quantitative estimate of drug-likeness (QED) is 0.656. The van der Waals surface area contributed by atoms with Gasteiger partial charge in [0.1, 0.15) is 6.10 Å². The van der Waals surface area contributed by atoms with Gasteiger partial charge in [-0.1, -0.05) is 36.4 Å².